The molecule has 0 atom stereocenters. The second-order valence-electron chi connectivity index (χ2n) is 8.40. The summed E-state index contributed by atoms with van der Waals surface area (Å²) < 4.78 is 0. The predicted octanol–water partition coefficient (Wildman–Crippen LogP) is 6.09. The molecule has 7 nitrogen and oxygen atoms in total. The summed E-state index contributed by atoms with van der Waals surface area (Å²) in [6, 6.07) is 15.8. The van der Waals surface area contributed by atoms with Crippen molar-refractivity contribution in [1.82, 2.24) is 20.3 Å². The molecule has 7 heteroatoms. The molecule has 0 saturated heterocycles. The van der Waals surface area contributed by atoms with Gasteiger partial charge in [-0.2, -0.15) is 0 Å². The van der Waals surface area contributed by atoms with Crippen molar-refractivity contribution in [3.63, 3.8) is 0 Å². The molecule has 4 rings (SSSR count). The number of nitrogens with zero attached hydrogens (tertiary/aromatic N) is 3. The third-order valence-corrected chi connectivity index (χ3v) is 5.57. The van der Waals surface area contributed by atoms with Gasteiger partial charge in [0.2, 0.25) is 5.95 Å². The number of benzene rings is 2. The fourth-order valence-corrected chi connectivity index (χ4v) is 3.89. The van der Waals surface area contributed by atoms with Crippen molar-refractivity contribution < 1.29 is 4.79 Å². The lowest BCUT2D eigenvalue weighted by molar-refractivity contribution is 0.0946. The number of anilines is 2. The van der Waals surface area contributed by atoms with Gasteiger partial charge in [-0.3, -0.25) is 9.79 Å². The summed E-state index contributed by atoms with van der Waals surface area (Å²) >= 11 is 0. The van der Waals surface area contributed by atoms with Gasteiger partial charge in [-0.1, -0.05) is 42.8 Å². The minimum atomic E-state index is -0.140. The van der Waals surface area contributed by atoms with E-state index in [1.807, 2.05) is 82.5 Å². The molecule has 2 heterocycles. The van der Waals surface area contributed by atoms with Crippen LogP contribution in [0.2, 0.25) is 0 Å². The first-order valence-electron chi connectivity index (χ1n) is 11.7. The van der Waals surface area contributed by atoms with Crippen LogP contribution in [-0.2, 0) is 6.54 Å². The molecule has 0 unspecified atom stereocenters. The number of amides is 1. The number of H-pyrrole nitrogens is 1. The number of fused-ring (bicyclic) bond motifs is 1. The average Bonchev–Trinajstić information content (AvgIpc) is 3.28. The predicted molar refractivity (Wildman–Crippen MR) is 143 cm³/mol. The van der Waals surface area contributed by atoms with Gasteiger partial charge in [-0.25, -0.2) is 9.97 Å². The molecule has 1 amide bonds. The summed E-state index contributed by atoms with van der Waals surface area (Å²) in [5.41, 5.74) is 7.10. The average molecular weight is 467 g/mol. The molecule has 0 saturated carbocycles. The van der Waals surface area contributed by atoms with Crippen molar-refractivity contribution in [2.75, 3.05) is 5.32 Å². The van der Waals surface area contributed by atoms with Crippen LogP contribution in [0.3, 0.4) is 0 Å². The zero-order valence-electron chi connectivity index (χ0n) is 20.5. The second-order valence-corrected chi connectivity index (χ2v) is 8.40. The minimum absolute atomic E-state index is 0.140. The van der Waals surface area contributed by atoms with Gasteiger partial charge in [-0.15, -0.1) is 0 Å². The topological polar surface area (TPSA) is 95.1 Å². The number of carbonyl (C=O) groups excluding carboxylic acids is 1. The summed E-state index contributed by atoms with van der Waals surface area (Å²) in [4.78, 5) is 29.5. The SMILES string of the molecule is C/C=C(\N=CCC)c1ccnc(Nc2cc(C)c3[nH]c(C(=O)NCc4cccc(C)c4)cc3c2)n1. The monoisotopic (exact) mass is 466 g/mol. The molecular formula is C28H30N6O. The Labute approximate surface area is 205 Å². The molecule has 0 radical (unpaired) electrons. The van der Waals surface area contributed by atoms with Crippen LogP contribution in [0.4, 0.5) is 11.6 Å². The number of hydrogen-bond acceptors (Lipinski definition) is 5. The largest absolute Gasteiger partial charge is 0.350 e. The number of allylic oxidation sites excluding steroid dienone is 1. The second kappa shape index (κ2) is 10.8. The molecule has 2 aromatic carbocycles. The van der Waals surface area contributed by atoms with E-state index >= 15 is 0 Å². The van der Waals surface area contributed by atoms with Crippen molar-refractivity contribution in [2.45, 2.75) is 40.7 Å². The maximum absolute atomic E-state index is 12.8. The molecule has 0 spiro atoms. The van der Waals surface area contributed by atoms with Gasteiger partial charge in [-0.05, 0) is 62.6 Å². The van der Waals surface area contributed by atoms with Crippen LogP contribution in [0.5, 0.6) is 0 Å². The summed E-state index contributed by atoms with van der Waals surface area (Å²) in [6.45, 7) is 8.51. The molecular weight excluding hydrogens is 436 g/mol. The number of rotatable bonds is 8. The highest BCUT2D eigenvalue weighted by molar-refractivity contribution is 5.99. The minimum Gasteiger partial charge on any atom is -0.350 e. The van der Waals surface area contributed by atoms with E-state index in [1.54, 1.807) is 6.20 Å². The highest BCUT2D eigenvalue weighted by Gasteiger charge is 2.12. The first-order chi connectivity index (χ1) is 17.0. The maximum atomic E-state index is 12.8. The van der Waals surface area contributed by atoms with Crippen molar-refractivity contribution in [2.24, 2.45) is 4.99 Å². The van der Waals surface area contributed by atoms with Gasteiger partial charge >= 0.3 is 0 Å². The molecule has 0 fully saturated rings. The van der Waals surface area contributed by atoms with Gasteiger partial charge in [0.25, 0.3) is 5.91 Å². The van der Waals surface area contributed by atoms with E-state index < -0.39 is 0 Å². The first kappa shape index (κ1) is 23.9. The molecule has 0 aliphatic carbocycles. The molecule has 35 heavy (non-hydrogen) atoms. The van der Waals surface area contributed by atoms with Crippen molar-refractivity contribution in [1.29, 1.82) is 0 Å². The summed E-state index contributed by atoms with van der Waals surface area (Å²) in [7, 11) is 0. The Balaban J connectivity index is 1.52. The number of hydrogen-bond donors (Lipinski definition) is 3. The van der Waals surface area contributed by atoms with Gasteiger partial charge < -0.3 is 15.6 Å². The normalized spacial score (nSPS) is 11.8. The van der Waals surface area contributed by atoms with Crippen LogP contribution in [0.15, 0.2) is 65.8 Å². The van der Waals surface area contributed by atoms with E-state index in [1.165, 1.54) is 5.56 Å². The highest BCUT2D eigenvalue weighted by Crippen LogP contribution is 2.26. The standard InChI is InChI=1S/C28H30N6O/c1-5-11-29-23(6-2)24-10-12-30-28(34-24)32-22-14-19(4)26-21(15-22)16-25(33-26)27(35)31-17-20-9-7-8-18(3)13-20/h6-16,33H,5,17H2,1-4H3,(H,31,35)(H,30,32,34)/b23-6-,29-11?. The molecule has 0 aliphatic heterocycles. The Morgan fingerprint density at radius 1 is 1.14 bits per heavy atom. The van der Waals surface area contributed by atoms with Crippen LogP contribution in [0, 0.1) is 13.8 Å². The molecule has 2 aromatic heterocycles. The Hall–Kier alpha value is -4.26. The lowest BCUT2D eigenvalue weighted by Crippen LogP contribution is -2.23. The summed E-state index contributed by atoms with van der Waals surface area (Å²) in [5, 5.41) is 7.21. The van der Waals surface area contributed by atoms with E-state index in [-0.39, 0.29) is 5.91 Å². The van der Waals surface area contributed by atoms with Gasteiger partial charge in [0.15, 0.2) is 0 Å². The third-order valence-electron chi connectivity index (χ3n) is 5.57. The lowest BCUT2D eigenvalue weighted by atomic mass is 10.1. The van der Waals surface area contributed by atoms with E-state index in [9.17, 15) is 4.79 Å². The quantitative estimate of drug-likeness (QED) is 0.274. The fraction of sp³-hybridized carbons (Fsp3) is 0.214. The maximum Gasteiger partial charge on any atom is 0.267 e. The van der Waals surface area contributed by atoms with Crippen molar-refractivity contribution in [3.05, 3.63) is 88.9 Å². The van der Waals surface area contributed by atoms with Gasteiger partial charge in [0, 0.05) is 35.5 Å². The first-order valence-corrected chi connectivity index (χ1v) is 11.7. The van der Waals surface area contributed by atoms with Crippen LogP contribution in [0.25, 0.3) is 16.6 Å². The number of aromatic nitrogens is 3. The van der Waals surface area contributed by atoms with Crippen LogP contribution < -0.4 is 10.6 Å². The molecule has 3 N–H and O–H groups in total. The van der Waals surface area contributed by atoms with Crippen LogP contribution in [0.1, 0.15) is 53.1 Å². The van der Waals surface area contributed by atoms with E-state index in [0.717, 1.165) is 45.5 Å². The smallest absolute Gasteiger partial charge is 0.267 e. The van der Waals surface area contributed by atoms with Crippen molar-refractivity contribution >= 4 is 40.4 Å². The van der Waals surface area contributed by atoms with E-state index in [4.69, 9.17) is 0 Å². The van der Waals surface area contributed by atoms with Gasteiger partial charge in [0.05, 0.1) is 11.4 Å². The molecule has 4 aromatic rings. The van der Waals surface area contributed by atoms with Crippen molar-refractivity contribution in [3.8, 4) is 0 Å². The number of aromatic amines is 1. The Morgan fingerprint density at radius 3 is 2.77 bits per heavy atom. The zero-order chi connectivity index (χ0) is 24.8. The third kappa shape index (κ3) is 5.81. The summed E-state index contributed by atoms with van der Waals surface area (Å²) in [5.74, 6) is 0.345. The Kier molecular flexibility index (Phi) is 7.35. The summed E-state index contributed by atoms with van der Waals surface area (Å²) in [6.07, 6.45) is 6.37. The lowest BCUT2D eigenvalue weighted by Gasteiger charge is -2.08. The molecule has 0 bridgehead atoms. The number of nitrogens with one attached hydrogen (secondary N) is 3. The number of carbonyl (C=O) groups is 1. The number of aryl methyl sites for hydroxylation is 2. The fourth-order valence-electron chi connectivity index (χ4n) is 3.89. The zero-order valence-corrected chi connectivity index (χ0v) is 20.5. The van der Waals surface area contributed by atoms with E-state index in [2.05, 4.69) is 36.6 Å². The van der Waals surface area contributed by atoms with Crippen LogP contribution >= 0.6 is 0 Å². The van der Waals surface area contributed by atoms with Crippen LogP contribution in [-0.4, -0.2) is 27.1 Å². The number of aliphatic imine (C=N–C) groups is 1. The molecule has 178 valence electrons. The molecule has 0 aliphatic rings. The highest BCUT2D eigenvalue weighted by atomic mass is 16.1. The van der Waals surface area contributed by atoms with Gasteiger partial charge in [0.1, 0.15) is 5.69 Å². The van der Waals surface area contributed by atoms with E-state index in [0.29, 0.717) is 18.2 Å². The Morgan fingerprint density at radius 2 is 2.00 bits per heavy atom. The Bertz CT molecular complexity index is 1420.